The maximum atomic E-state index is 5.85. The molecule has 118 valence electrons. The Balaban J connectivity index is 1.68. The molecule has 0 aromatic rings. The summed E-state index contributed by atoms with van der Waals surface area (Å²) in [6, 6.07) is 0.672. The Morgan fingerprint density at radius 3 is 2.30 bits per heavy atom. The first-order valence-electron chi connectivity index (χ1n) is 8.37. The maximum Gasteiger partial charge on any atom is 0.163 e. The van der Waals surface area contributed by atoms with Gasteiger partial charge in [-0.2, -0.15) is 0 Å². The number of nitrogens with one attached hydrogen (secondary N) is 1. The average Bonchev–Trinajstić information content (AvgIpc) is 2.76. The SMILES string of the molecule is CCC(C)(C)C1CCC(NCC2COC(C)(C)O2)CC1. The second kappa shape index (κ2) is 6.33. The van der Waals surface area contributed by atoms with Crippen LogP contribution in [-0.4, -0.2) is 31.1 Å². The number of hydrogen-bond donors (Lipinski definition) is 1. The predicted octanol–water partition coefficient (Wildman–Crippen LogP) is 3.72. The molecule has 0 aromatic carbocycles. The molecule has 1 atom stereocenters. The third-order valence-electron chi connectivity index (χ3n) is 5.45. The largest absolute Gasteiger partial charge is 0.348 e. The Morgan fingerprint density at radius 2 is 1.80 bits per heavy atom. The predicted molar refractivity (Wildman–Crippen MR) is 82.7 cm³/mol. The zero-order chi connectivity index (χ0) is 14.8. The molecule has 1 heterocycles. The standard InChI is InChI=1S/C17H33NO2/c1-6-16(2,3)13-7-9-14(10-8-13)18-11-15-12-19-17(4,5)20-15/h13-15,18H,6-12H2,1-5H3. The van der Waals surface area contributed by atoms with E-state index in [4.69, 9.17) is 9.47 Å². The van der Waals surface area contributed by atoms with Crippen molar-refractivity contribution in [2.75, 3.05) is 13.2 Å². The Hall–Kier alpha value is -0.120. The number of rotatable bonds is 5. The summed E-state index contributed by atoms with van der Waals surface area (Å²) in [5, 5.41) is 3.69. The lowest BCUT2D eigenvalue weighted by Gasteiger charge is -2.39. The van der Waals surface area contributed by atoms with Crippen LogP contribution in [-0.2, 0) is 9.47 Å². The summed E-state index contributed by atoms with van der Waals surface area (Å²) >= 11 is 0. The molecule has 1 N–H and O–H groups in total. The van der Waals surface area contributed by atoms with E-state index in [9.17, 15) is 0 Å². The molecule has 2 aliphatic rings. The summed E-state index contributed by atoms with van der Waals surface area (Å²) in [5.41, 5.74) is 0.511. The molecular formula is C17H33NO2. The third-order valence-corrected chi connectivity index (χ3v) is 5.45. The van der Waals surface area contributed by atoms with Crippen LogP contribution in [0.5, 0.6) is 0 Å². The van der Waals surface area contributed by atoms with Gasteiger partial charge in [0.1, 0.15) is 0 Å². The van der Waals surface area contributed by atoms with Crippen LogP contribution in [0, 0.1) is 11.3 Å². The van der Waals surface area contributed by atoms with Gasteiger partial charge in [-0.25, -0.2) is 0 Å². The van der Waals surface area contributed by atoms with E-state index in [0.29, 0.717) is 11.5 Å². The van der Waals surface area contributed by atoms with Gasteiger partial charge >= 0.3 is 0 Å². The van der Waals surface area contributed by atoms with E-state index in [1.54, 1.807) is 0 Å². The molecule has 2 rings (SSSR count). The van der Waals surface area contributed by atoms with Crippen LogP contribution >= 0.6 is 0 Å². The lowest BCUT2D eigenvalue weighted by Crippen LogP contribution is -2.41. The first kappa shape index (κ1) is 16.3. The monoisotopic (exact) mass is 283 g/mol. The topological polar surface area (TPSA) is 30.5 Å². The molecule has 0 spiro atoms. The van der Waals surface area contributed by atoms with Crippen molar-refractivity contribution in [2.24, 2.45) is 11.3 Å². The van der Waals surface area contributed by atoms with Crippen molar-refractivity contribution in [3.63, 3.8) is 0 Å². The molecule has 1 aliphatic heterocycles. The van der Waals surface area contributed by atoms with E-state index in [1.165, 1.54) is 32.1 Å². The Morgan fingerprint density at radius 1 is 1.15 bits per heavy atom. The van der Waals surface area contributed by atoms with E-state index >= 15 is 0 Å². The highest BCUT2D eigenvalue weighted by atomic mass is 16.7. The van der Waals surface area contributed by atoms with E-state index in [2.05, 4.69) is 26.1 Å². The Kier molecular flexibility index (Phi) is 5.14. The van der Waals surface area contributed by atoms with Gasteiger partial charge in [0, 0.05) is 12.6 Å². The van der Waals surface area contributed by atoms with Crippen LogP contribution in [0.25, 0.3) is 0 Å². The number of ether oxygens (including phenoxy) is 2. The molecule has 1 saturated heterocycles. The second-order valence-corrected chi connectivity index (χ2v) is 7.75. The first-order valence-corrected chi connectivity index (χ1v) is 8.37. The summed E-state index contributed by atoms with van der Waals surface area (Å²) in [5.74, 6) is 0.505. The fraction of sp³-hybridized carbons (Fsp3) is 1.00. The fourth-order valence-electron chi connectivity index (χ4n) is 3.53. The zero-order valence-electron chi connectivity index (χ0n) is 14.0. The van der Waals surface area contributed by atoms with Crippen LogP contribution < -0.4 is 5.32 Å². The summed E-state index contributed by atoms with van der Waals surface area (Å²) in [4.78, 5) is 0. The van der Waals surface area contributed by atoms with E-state index in [-0.39, 0.29) is 6.10 Å². The molecule has 3 nitrogen and oxygen atoms in total. The first-order chi connectivity index (χ1) is 9.32. The van der Waals surface area contributed by atoms with Gasteiger partial charge in [0.25, 0.3) is 0 Å². The summed E-state index contributed by atoms with van der Waals surface area (Å²) in [6.45, 7) is 12.8. The lowest BCUT2D eigenvalue weighted by atomic mass is 9.69. The summed E-state index contributed by atoms with van der Waals surface area (Å²) < 4.78 is 11.5. The van der Waals surface area contributed by atoms with Crippen molar-refractivity contribution in [1.82, 2.24) is 5.32 Å². The second-order valence-electron chi connectivity index (χ2n) is 7.75. The molecule has 0 radical (unpaired) electrons. The van der Waals surface area contributed by atoms with Crippen molar-refractivity contribution in [2.45, 2.75) is 84.7 Å². The molecule has 1 saturated carbocycles. The average molecular weight is 283 g/mol. The highest BCUT2D eigenvalue weighted by Crippen LogP contribution is 2.40. The molecule has 20 heavy (non-hydrogen) atoms. The highest BCUT2D eigenvalue weighted by Gasteiger charge is 2.34. The Bertz CT molecular complexity index is 306. The van der Waals surface area contributed by atoms with E-state index in [1.807, 2.05) is 13.8 Å². The van der Waals surface area contributed by atoms with Gasteiger partial charge in [0.15, 0.2) is 5.79 Å². The minimum absolute atomic E-state index is 0.217. The molecule has 1 unspecified atom stereocenters. The van der Waals surface area contributed by atoms with Crippen LogP contribution in [0.15, 0.2) is 0 Å². The lowest BCUT2D eigenvalue weighted by molar-refractivity contribution is -0.138. The molecule has 1 aliphatic carbocycles. The molecular weight excluding hydrogens is 250 g/mol. The van der Waals surface area contributed by atoms with Crippen molar-refractivity contribution < 1.29 is 9.47 Å². The van der Waals surface area contributed by atoms with E-state index < -0.39 is 5.79 Å². The van der Waals surface area contributed by atoms with Gasteiger partial charge in [0.2, 0.25) is 0 Å². The number of hydrogen-bond acceptors (Lipinski definition) is 3. The normalized spacial score (nSPS) is 34.4. The minimum atomic E-state index is -0.394. The van der Waals surface area contributed by atoms with Crippen molar-refractivity contribution in [1.29, 1.82) is 0 Å². The van der Waals surface area contributed by atoms with Gasteiger partial charge in [-0.1, -0.05) is 27.2 Å². The van der Waals surface area contributed by atoms with E-state index in [0.717, 1.165) is 19.1 Å². The van der Waals surface area contributed by atoms with Gasteiger partial charge in [-0.15, -0.1) is 0 Å². The van der Waals surface area contributed by atoms with Gasteiger partial charge in [-0.05, 0) is 50.9 Å². The fourth-order valence-corrected chi connectivity index (χ4v) is 3.53. The molecule has 2 fully saturated rings. The van der Waals surface area contributed by atoms with Crippen LogP contribution in [0.1, 0.15) is 66.7 Å². The Labute approximate surface area is 124 Å². The maximum absolute atomic E-state index is 5.85. The summed E-state index contributed by atoms with van der Waals surface area (Å²) in [6.07, 6.45) is 6.86. The molecule has 0 amide bonds. The molecule has 0 bridgehead atoms. The zero-order valence-corrected chi connectivity index (χ0v) is 14.0. The van der Waals surface area contributed by atoms with Crippen molar-refractivity contribution >= 4 is 0 Å². The van der Waals surface area contributed by atoms with Crippen LogP contribution in [0.2, 0.25) is 0 Å². The minimum Gasteiger partial charge on any atom is -0.348 e. The highest BCUT2D eigenvalue weighted by molar-refractivity contribution is 4.85. The smallest absolute Gasteiger partial charge is 0.163 e. The third kappa shape index (κ3) is 4.19. The van der Waals surface area contributed by atoms with Gasteiger partial charge in [-0.3, -0.25) is 0 Å². The quantitative estimate of drug-likeness (QED) is 0.834. The van der Waals surface area contributed by atoms with Gasteiger partial charge < -0.3 is 14.8 Å². The molecule has 3 heteroatoms. The van der Waals surface area contributed by atoms with Gasteiger partial charge in [0.05, 0.1) is 12.7 Å². The van der Waals surface area contributed by atoms with Crippen molar-refractivity contribution in [3.05, 3.63) is 0 Å². The van der Waals surface area contributed by atoms with Crippen LogP contribution in [0.3, 0.4) is 0 Å². The van der Waals surface area contributed by atoms with Crippen LogP contribution in [0.4, 0.5) is 0 Å². The summed E-state index contributed by atoms with van der Waals surface area (Å²) in [7, 11) is 0. The molecule has 0 aromatic heterocycles. The van der Waals surface area contributed by atoms with Crippen molar-refractivity contribution in [3.8, 4) is 0 Å².